The lowest BCUT2D eigenvalue weighted by Gasteiger charge is -2.17. The fourth-order valence-electron chi connectivity index (χ4n) is 2.43. The Kier molecular flexibility index (Phi) is 5.27. The van der Waals surface area contributed by atoms with E-state index in [0.717, 1.165) is 19.5 Å². The zero-order chi connectivity index (χ0) is 14.7. The Morgan fingerprint density at radius 2 is 2.30 bits per heavy atom. The van der Waals surface area contributed by atoms with E-state index < -0.39 is 0 Å². The van der Waals surface area contributed by atoms with E-state index in [2.05, 4.69) is 10.2 Å². The number of nitrogens with zero attached hydrogens (tertiary/aromatic N) is 1. The zero-order valence-electron chi connectivity index (χ0n) is 11.4. The largest absolute Gasteiger partial charge is 0.328 e. The number of benzene rings is 1. The van der Waals surface area contributed by atoms with Crippen molar-refractivity contribution in [2.45, 2.75) is 19.4 Å². The van der Waals surface area contributed by atoms with E-state index in [0.29, 0.717) is 28.2 Å². The van der Waals surface area contributed by atoms with Crippen molar-refractivity contribution in [2.75, 3.05) is 25.0 Å². The first-order valence-corrected chi connectivity index (χ1v) is 7.44. The van der Waals surface area contributed by atoms with Gasteiger partial charge in [0, 0.05) is 12.6 Å². The number of rotatable bonds is 4. The number of carbonyl (C=O) groups is 1. The Balaban J connectivity index is 1.89. The molecule has 1 saturated heterocycles. The molecule has 0 spiro atoms. The minimum Gasteiger partial charge on any atom is -0.328 e. The molecule has 4 nitrogen and oxygen atoms in total. The van der Waals surface area contributed by atoms with Crippen molar-refractivity contribution in [2.24, 2.45) is 11.7 Å². The van der Waals surface area contributed by atoms with Crippen LogP contribution < -0.4 is 11.1 Å². The van der Waals surface area contributed by atoms with E-state index in [1.165, 1.54) is 0 Å². The summed E-state index contributed by atoms with van der Waals surface area (Å²) in [5.74, 6) is 0.386. The van der Waals surface area contributed by atoms with Gasteiger partial charge < -0.3 is 11.1 Å². The number of amides is 1. The molecule has 110 valence electrons. The third kappa shape index (κ3) is 3.85. The fraction of sp³-hybridized carbons (Fsp3) is 0.500. The van der Waals surface area contributed by atoms with Gasteiger partial charge in [-0.1, -0.05) is 29.3 Å². The standard InChI is InChI=1S/C14H19Cl2N3O/c1-9(17)10-5-6-19(7-10)8-13(20)18-12-4-2-3-11(15)14(12)16/h2-4,9-10H,5-8,17H2,1H3,(H,18,20). The Bertz CT molecular complexity index is 493. The predicted molar refractivity (Wildman–Crippen MR) is 83.3 cm³/mol. The van der Waals surface area contributed by atoms with Crippen LogP contribution in [0.25, 0.3) is 0 Å². The second kappa shape index (κ2) is 6.76. The summed E-state index contributed by atoms with van der Waals surface area (Å²) < 4.78 is 0. The Labute approximate surface area is 129 Å². The Hall–Kier alpha value is -0.810. The number of nitrogens with two attached hydrogens (primary N) is 1. The average Bonchev–Trinajstić information content (AvgIpc) is 2.83. The second-order valence-electron chi connectivity index (χ2n) is 5.29. The Morgan fingerprint density at radius 1 is 1.55 bits per heavy atom. The normalized spacial score (nSPS) is 20.9. The van der Waals surface area contributed by atoms with Gasteiger partial charge in [0.2, 0.25) is 5.91 Å². The van der Waals surface area contributed by atoms with Gasteiger partial charge in [-0.3, -0.25) is 9.69 Å². The number of anilines is 1. The van der Waals surface area contributed by atoms with Crippen LogP contribution in [0.1, 0.15) is 13.3 Å². The summed E-state index contributed by atoms with van der Waals surface area (Å²) >= 11 is 12.0. The summed E-state index contributed by atoms with van der Waals surface area (Å²) in [6.07, 6.45) is 1.04. The summed E-state index contributed by atoms with van der Waals surface area (Å²) in [5.41, 5.74) is 6.44. The van der Waals surface area contributed by atoms with Gasteiger partial charge in [0.05, 0.1) is 22.3 Å². The molecule has 1 amide bonds. The van der Waals surface area contributed by atoms with Crippen LogP contribution in [-0.4, -0.2) is 36.5 Å². The fourth-order valence-corrected chi connectivity index (χ4v) is 2.78. The first kappa shape index (κ1) is 15.6. The molecule has 0 aliphatic carbocycles. The molecule has 6 heteroatoms. The van der Waals surface area contributed by atoms with Gasteiger partial charge in [0.25, 0.3) is 0 Å². The average molecular weight is 316 g/mol. The molecule has 0 aromatic heterocycles. The van der Waals surface area contributed by atoms with Crippen LogP contribution in [0.5, 0.6) is 0 Å². The minimum absolute atomic E-state index is 0.0838. The monoisotopic (exact) mass is 315 g/mol. The van der Waals surface area contributed by atoms with Crippen molar-refractivity contribution >= 4 is 34.8 Å². The lowest BCUT2D eigenvalue weighted by molar-refractivity contribution is -0.117. The molecule has 0 bridgehead atoms. The molecule has 0 saturated carbocycles. The van der Waals surface area contributed by atoms with Gasteiger partial charge in [-0.25, -0.2) is 0 Å². The summed E-state index contributed by atoms with van der Waals surface area (Å²) in [5, 5.41) is 3.60. The van der Waals surface area contributed by atoms with Crippen molar-refractivity contribution in [1.82, 2.24) is 4.90 Å². The molecule has 1 aromatic rings. The molecule has 1 aliphatic rings. The van der Waals surface area contributed by atoms with E-state index in [9.17, 15) is 4.79 Å². The highest BCUT2D eigenvalue weighted by Gasteiger charge is 2.26. The van der Waals surface area contributed by atoms with Crippen molar-refractivity contribution in [3.05, 3.63) is 28.2 Å². The predicted octanol–water partition coefficient (Wildman–Crippen LogP) is 2.60. The van der Waals surface area contributed by atoms with Gasteiger partial charge in [-0.15, -0.1) is 0 Å². The van der Waals surface area contributed by atoms with Crippen LogP contribution in [-0.2, 0) is 4.79 Å². The summed E-state index contributed by atoms with van der Waals surface area (Å²) in [6.45, 7) is 4.14. The quantitative estimate of drug-likeness (QED) is 0.898. The summed E-state index contributed by atoms with van der Waals surface area (Å²) in [4.78, 5) is 14.1. The van der Waals surface area contributed by atoms with Gasteiger partial charge in [-0.05, 0) is 37.9 Å². The van der Waals surface area contributed by atoms with Crippen LogP contribution in [0.3, 0.4) is 0 Å². The number of carbonyl (C=O) groups excluding carboxylic acids is 1. The van der Waals surface area contributed by atoms with Gasteiger partial charge in [-0.2, -0.15) is 0 Å². The van der Waals surface area contributed by atoms with Crippen molar-refractivity contribution in [1.29, 1.82) is 0 Å². The van der Waals surface area contributed by atoms with Crippen LogP contribution >= 0.6 is 23.2 Å². The SMILES string of the molecule is CC(N)C1CCN(CC(=O)Nc2cccc(Cl)c2Cl)C1. The molecule has 3 N–H and O–H groups in total. The molecule has 2 rings (SSSR count). The van der Waals surface area contributed by atoms with Crippen LogP contribution in [0, 0.1) is 5.92 Å². The third-order valence-corrected chi connectivity index (χ3v) is 4.46. The topological polar surface area (TPSA) is 58.4 Å². The molecule has 20 heavy (non-hydrogen) atoms. The highest BCUT2D eigenvalue weighted by molar-refractivity contribution is 6.43. The molecular formula is C14H19Cl2N3O. The molecule has 0 radical (unpaired) electrons. The molecule has 1 fully saturated rings. The maximum absolute atomic E-state index is 12.0. The maximum Gasteiger partial charge on any atom is 0.238 e. The molecule has 1 heterocycles. The van der Waals surface area contributed by atoms with Gasteiger partial charge >= 0.3 is 0 Å². The zero-order valence-corrected chi connectivity index (χ0v) is 12.9. The number of likely N-dealkylation sites (tertiary alicyclic amines) is 1. The molecule has 1 aromatic carbocycles. The number of nitrogens with one attached hydrogen (secondary N) is 1. The van der Waals surface area contributed by atoms with E-state index in [-0.39, 0.29) is 11.9 Å². The first-order valence-electron chi connectivity index (χ1n) is 6.69. The summed E-state index contributed by atoms with van der Waals surface area (Å²) in [6, 6.07) is 5.35. The molecular weight excluding hydrogens is 297 g/mol. The van der Waals surface area contributed by atoms with E-state index in [4.69, 9.17) is 28.9 Å². The van der Waals surface area contributed by atoms with Gasteiger partial charge in [0.1, 0.15) is 0 Å². The smallest absolute Gasteiger partial charge is 0.238 e. The van der Waals surface area contributed by atoms with Crippen LogP contribution in [0.2, 0.25) is 10.0 Å². The van der Waals surface area contributed by atoms with Crippen molar-refractivity contribution < 1.29 is 4.79 Å². The number of hydrogen-bond acceptors (Lipinski definition) is 3. The van der Waals surface area contributed by atoms with Gasteiger partial charge in [0.15, 0.2) is 0 Å². The minimum atomic E-state index is -0.0838. The van der Waals surface area contributed by atoms with E-state index in [1.54, 1.807) is 18.2 Å². The second-order valence-corrected chi connectivity index (χ2v) is 6.08. The molecule has 2 unspecified atom stereocenters. The van der Waals surface area contributed by atoms with E-state index >= 15 is 0 Å². The lowest BCUT2D eigenvalue weighted by atomic mass is 10.0. The number of hydrogen-bond donors (Lipinski definition) is 2. The van der Waals surface area contributed by atoms with Crippen molar-refractivity contribution in [3.63, 3.8) is 0 Å². The number of halogens is 2. The first-order chi connectivity index (χ1) is 9.47. The van der Waals surface area contributed by atoms with Crippen molar-refractivity contribution in [3.8, 4) is 0 Å². The highest BCUT2D eigenvalue weighted by atomic mass is 35.5. The van der Waals surface area contributed by atoms with E-state index in [1.807, 2.05) is 6.92 Å². The lowest BCUT2D eigenvalue weighted by Crippen LogP contribution is -2.34. The molecule has 1 aliphatic heterocycles. The van der Waals surface area contributed by atoms with Crippen LogP contribution in [0.15, 0.2) is 18.2 Å². The Morgan fingerprint density at radius 3 is 2.95 bits per heavy atom. The highest BCUT2D eigenvalue weighted by Crippen LogP contribution is 2.29. The van der Waals surface area contributed by atoms with Crippen LogP contribution in [0.4, 0.5) is 5.69 Å². The third-order valence-electron chi connectivity index (χ3n) is 3.65. The summed E-state index contributed by atoms with van der Waals surface area (Å²) in [7, 11) is 0. The maximum atomic E-state index is 12.0. The molecule has 2 atom stereocenters.